The van der Waals surface area contributed by atoms with Gasteiger partial charge >= 0.3 is 0 Å². The predicted molar refractivity (Wildman–Crippen MR) is 97.8 cm³/mol. The Hall–Kier alpha value is -0.480. The topological polar surface area (TPSA) is 39.7 Å². The van der Waals surface area contributed by atoms with Gasteiger partial charge in [-0.3, -0.25) is 4.99 Å². The molecule has 2 N–H and O–H groups in total. The first-order valence-corrected chi connectivity index (χ1v) is 7.54. The summed E-state index contributed by atoms with van der Waals surface area (Å²) in [5.74, 6) is 3.40. The number of hydrogen-bond acceptors (Lipinski definition) is 2. The molecule has 1 aliphatic heterocycles. The average Bonchev–Trinajstić information content (AvgIpc) is 2.69. The summed E-state index contributed by atoms with van der Waals surface area (Å²) in [5.41, 5.74) is 0. The van der Waals surface area contributed by atoms with E-state index in [2.05, 4.69) is 33.4 Å². The van der Waals surface area contributed by atoms with Crippen LogP contribution in [0.25, 0.3) is 0 Å². The monoisotopic (exact) mass is 392 g/mol. The van der Waals surface area contributed by atoms with Gasteiger partial charge in [-0.15, -0.1) is 30.4 Å². The van der Waals surface area contributed by atoms with Gasteiger partial charge in [-0.25, -0.2) is 0 Å². The second kappa shape index (κ2) is 13.5. The maximum Gasteiger partial charge on any atom is 0.192 e. The molecule has 4 nitrogen and oxygen atoms in total. The summed E-state index contributed by atoms with van der Waals surface area (Å²) in [4.78, 5) is 7.10. The molecule has 0 aromatic heterocycles. The average molecular weight is 392 g/mol. The van der Waals surface area contributed by atoms with Crippen LogP contribution < -0.4 is 10.6 Å². The SMILES string of the molecule is C#CCNC(=NCCCN1CCCCCC1)NCC.I. The lowest BCUT2D eigenvalue weighted by Gasteiger charge is -2.19. The first-order valence-electron chi connectivity index (χ1n) is 7.54. The number of aliphatic imine (C=N–C) groups is 1. The molecule has 1 rings (SSSR count). The van der Waals surface area contributed by atoms with Crippen molar-refractivity contribution in [3.63, 3.8) is 0 Å². The van der Waals surface area contributed by atoms with Crippen molar-refractivity contribution >= 4 is 29.9 Å². The number of guanidine groups is 1. The zero-order chi connectivity index (χ0) is 13.8. The summed E-state index contributed by atoms with van der Waals surface area (Å²) >= 11 is 0. The van der Waals surface area contributed by atoms with Crippen LogP contribution in [0.1, 0.15) is 39.0 Å². The Morgan fingerprint density at radius 2 is 1.90 bits per heavy atom. The third-order valence-electron chi connectivity index (χ3n) is 3.30. The number of rotatable bonds is 6. The van der Waals surface area contributed by atoms with Crippen molar-refractivity contribution in [3.8, 4) is 12.3 Å². The fourth-order valence-corrected chi connectivity index (χ4v) is 2.32. The molecule has 0 unspecified atom stereocenters. The maximum absolute atomic E-state index is 5.24. The van der Waals surface area contributed by atoms with Crippen LogP contribution in [-0.4, -0.2) is 50.1 Å². The molecular formula is C15H29IN4. The van der Waals surface area contributed by atoms with Gasteiger partial charge in [-0.1, -0.05) is 18.8 Å². The number of halogens is 1. The molecule has 0 bridgehead atoms. The van der Waals surface area contributed by atoms with Gasteiger partial charge in [0.1, 0.15) is 0 Å². The Morgan fingerprint density at radius 3 is 2.50 bits per heavy atom. The van der Waals surface area contributed by atoms with E-state index in [1.165, 1.54) is 38.8 Å². The number of hydrogen-bond donors (Lipinski definition) is 2. The van der Waals surface area contributed by atoms with Crippen LogP contribution in [0.4, 0.5) is 0 Å². The highest BCUT2D eigenvalue weighted by Gasteiger charge is 2.07. The van der Waals surface area contributed by atoms with E-state index < -0.39 is 0 Å². The normalized spacial score (nSPS) is 16.7. The second-order valence-corrected chi connectivity index (χ2v) is 4.93. The summed E-state index contributed by atoms with van der Waals surface area (Å²) < 4.78 is 0. The Balaban J connectivity index is 0.00000361. The van der Waals surface area contributed by atoms with Gasteiger partial charge in [0.25, 0.3) is 0 Å². The zero-order valence-electron chi connectivity index (χ0n) is 12.7. The summed E-state index contributed by atoms with van der Waals surface area (Å²) in [6.45, 7) is 8.00. The smallest absolute Gasteiger partial charge is 0.192 e. The van der Waals surface area contributed by atoms with Crippen LogP contribution in [0.5, 0.6) is 0 Å². The molecule has 20 heavy (non-hydrogen) atoms. The van der Waals surface area contributed by atoms with E-state index >= 15 is 0 Å². The molecule has 0 radical (unpaired) electrons. The Morgan fingerprint density at radius 1 is 1.20 bits per heavy atom. The van der Waals surface area contributed by atoms with Crippen molar-refractivity contribution in [3.05, 3.63) is 0 Å². The first kappa shape index (κ1) is 19.5. The molecule has 0 aromatic rings. The van der Waals surface area contributed by atoms with E-state index in [9.17, 15) is 0 Å². The maximum atomic E-state index is 5.24. The highest BCUT2D eigenvalue weighted by Crippen LogP contribution is 2.09. The van der Waals surface area contributed by atoms with E-state index in [0.717, 1.165) is 32.0 Å². The second-order valence-electron chi connectivity index (χ2n) is 4.93. The minimum absolute atomic E-state index is 0. The summed E-state index contributed by atoms with van der Waals surface area (Å²) in [6.07, 6.45) is 11.9. The number of terminal acetylenes is 1. The Kier molecular flexibility index (Phi) is 13.2. The molecule has 0 amide bonds. The number of nitrogens with zero attached hydrogens (tertiary/aromatic N) is 2. The standard InChI is InChI=1S/C15H28N4.HI/c1-3-10-17-15(16-4-2)18-11-9-14-19-12-7-5-6-8-13-19;/h1H,4-14H2,2H3,(H2,16,17,18);1H. The molecule has 0 spiro atoms. The third-order valence-corrected chi connectivity index (χ3v) is 3.30. The van der Waals surface area contributed by atoms with Crippen molar-refractivity contribution in [2.75, 3.05) is 39.3 Å². The molecule has 1 fully saturated rings. The van der Waals surface area contributed by atoms with E-state index in [4.69, 9.17) is 6.42 Å². The van der Waals surface area contributed by atoms with Crippen molar-refractivity contribution in [1.29, 1.82) is 0 Å². The fraction of sp³-hybridized carbons (Fsp3) is 0.800. The van der Waals surface area contributed by atoms with Crippen molar-refractivity contribution in [2.24, 2.45) is 4.99 Å². The van der Waals surface area contributed by atoms with Crippen LogP contribution in [-0.2, 0) is 0 Å². The van der Waals surface area contributed by atoms with Crippen molar-refractivity contribution < 1.29 is 0 Å². The molecule has 0 atom stereocenters. The largest absolute Gasteiger partial charge is 0.357 e. The Labute approximate surface area is 141 Å². The zero-order valence-corrected chi connectivity index (χ0v) is 15.0. The minimum atomic E-state index is 0. The van der Waals surface area contributed by atoms with Gasteiger partial charge in [0.05, 0.1) is 6.54 Å². The van der Waals surface area contributed by atoms with Crippen molar-refractivity contribution in [2.45, 2.75) is 39.0 Å². The van der Waals surface area contributed by atoms with Gasteiger partial charge < -0.3 is 15.5 Å². The third kappa shape index (κ3) is 9.43. The van der Waals surface area contributed by atoms with Crippen LogP contribution in [0, 0.1) is 12.3 Å². The molecule has 116 valence electrons. The summed E-state index contributed by atoms with van der Waals surface area (Å²) in [7, 11) is 0. The van der Waals surface area contributed by atoms with Crippen LogP contribution in [0.3, 0.4) is 0 Å². The molecule has 1 aliphatic rings. The predicted octanol–water partition coefficient (Wildman–Crippen LogP) is 2.06. The highest BCUT2D eigenvalue weighted by molar-refractivity contribution is 14.0. The van der Waals surface area contributed by atoms with E-state index in [1.807, 2.05) is 0 Å². The lowest BCUT2D eigenvalue weighted by Crippen LogP contribution is -2.37. The minimum Gasteiger partial charge on any atom is -0.357 e. The molecule has 0 aromatic carbocycles. The van der Waals surface area contributed by atoms with Gasteiger partial charge in [0.15, 0.2) is 5.96 Å². The van der Waals surface area contributed by atoms with Gasteiger partial charge in [-0.05, 0) is 45.8 Å². The fourth-order valence-electron chi connectivity index (χ4n) is 2.32. The first-order chi connectivity index (χ1) is 9.36. The van der Waals surface area contributed by atoms with Gasteiger partial charge in [0.2, 0.25) is 0 Å². The van der Waals surface area contributed by atoms with Gasteiger partial charge in [0, 0.05) is 13.1 Å². The number of likely N-dealkylation sites (tertiary alicyclic amines) is 1. The molecule has 1 heterocycles. The highest BCUT2D eigenvalue weighted by atomic mass is 127. The quantitative estimate of drug-likeness (QED) is 0.239. The van der Waals surface area contributed by atoms with E-state index in [0.29, 0.717) is 6.54 Å². The summed E-state index contributed by atoms with van der Waals surface area (Å²) in [6, 6.07) is 0. The van der Waals surface area contributed by atoms with E-state index in [-0.39, 0.29) is 24.0 Å². The van der Waals surface area contributed by atoms with Crippen LogP contribution in [0.15, 0.2) is 4.99 Å². The lowest BCUT2D eigenvalue weighted by atomic mass is 10.2. The van der Waals surface area contributed by atoms with Crippen molar-refractivity contribution in [1.82, 2.24) is 15.5 Å². The Bertz CT molecular complexity index is 291. The number of nitrogens with one attached hydrogen (secondary N) is 2. The summed E-state index contributed by atoms with van der Waals surface area (Å²) in [5, 5.41) is 6.30. The molecule has 0 saturated carbocycles. The van der Waals surface area contributed by atoms with E-state index in [1.54, 1.807) is 0 Å². The van der Waals surface area contributed by atoms with Crippen LogP contribution in [0.2, 0.25) is 0 Å². The molecule has 0 aliphatic carbocycles. The lowest BCUT2D eigenvalue weighted by molar-refractivity contribution is 0.283. The molecule has 5 heteroatoms. The molecular weight excluding hydrogens is 363 g/mol. The van der Waals surface area contributed by atoms with Gasteiger partial charge in [-0.2, -0.15) is 0 Å². The molecule has 1 saturated heterocycles. The van der Waals surface area contributed by atoms with Crippen LogP contribution >= 0.6 is 24.0 Å².